The highest BCUT2D eigenvalue weighted by molar-refractivity contribution is 5.76. The van der Waals surface area contributed by atoms with Crippen molar-refractivity contribution in [1.29, 1.82) is 0 Å². The van der Waals surface area contributed by atoms with Crippen molar-refractivity contribution in [3.8, 4) is 5.75 Å². The van der Waals surface area contributed by atoms with Gasteiger partial charge in [0.1, 0.15) is 5.75 Å². The van der Waals surface area contributed by atoms with Gasteiger partial charge in [-0.25, -0.2) is 4.79 Å². The molecule has 6 nitrogen and oxygen atoms in total. The van der Waals surface area contributed by atoms with Crippen molar-refractivity contribution in [2.75, 3.05) is 39.9 Å². The highest BCUT2D eigenvalue weighted by Gasteiger charge is 2.24. The maximum Gasteiger partial charge on any atom is 0.409 e. The molecule has 1 aromatic carbocycles. The van der Waals surface area contributed by atoms with Gasteiger partial charge in [0.25, 0.3) is 0 Å². The van der Waals surface area contributed by atoms with E-state index >= 15 is 0 Å². The Labute approximate surface area is 137 Å². The van der Waals surface area contributed by atoms with E-state index in [1.807, 2.05) is 31.2 Å². The zero-order valence-corrected chi connectivity index (χ0v) is 13.8. The number of carbonyl (C=O) groups is 2. The molecule has 0 N–H and O–H groups in total. The van der Waals surface area contributed by atoms with Gasteiger partial charge < -0.3 is 19.3 Å². The van der Waals surface area contributed by atoms with Crippen molar-refractivity contribution >= 4 is 12.0 Å². The van der Waals surface area contributed by atoms with Gasteiger partial charge in [-0.3, -0.25) is 4.79 Å². The fourth-order valence-corrected chi connectivity index (χ4v) is 2.55. The van der Waals surface area contributed by atoms with Crippen molar-refractivity contribution in [2.45, 2.75) is 19.8 Å². The number of rotatable bonds is 5. The summed E-state index contributed by atoms with van der Waals surface area (Å²) in [7, 11) is 1.37. The quantitative estimate of drug-likeness (QED) is 0.779. The van der Waals surface area contributed by atoms with Crippen molar-refractivity contribution in [3.63, 3.8) is 0 Å². The molecule has 0 radical (unpaired) electrons. The minimum absolute atomic E-state index is 0.114. The van der Waals surface area contributed by atoms with Gasteiger partial charge in [0.15, 0.2) is 0 Å². The van der Waals surface area contributed by atoms with Gasteiger partial charge in [0.05, 0.1) is 13.7 Å². The third-order valence-electron chi connectivity index (χ3n) is 3.95. The third kappa shape index (κ3) is 4.87. The number of amides is 2. The van der Waals surface area contributed by atoms with E-state index in [0.29, 0.717) is 45.6 Å². The van der Waals surface area contributed by atoms with Crippen LogP contribution in [0, 0.1) is 6.92 Å². The van der Waals surface area contributed by atoms with E-state index in [0.717, 1.165) is 11.3 Å². The summed E-state index contributed by atoms with van der Waals surface area (Å²) in [5.74, 6) is 0.981. The van der Waals surface area contributed by atoms with Crippen molar-refractivity contribution in [3.05, 3.63) is 29.8 Å². The van der Waals surface area contributed by atoms with E-state index in [-0.39, 0.29) is 12.0 Å². The van der Waals surface area contributed by atoms with Gasteiger partial charge in [0, 0.05) is 32.6 Å². The van der Waals surface area contributed by atoms with Crippen molar-refractivity contribution in [2.24, 2.45) is 0 Å². The Morgan fingerprint density at radius 3 is 2.39 bits per heavy atom. The molecule has 0 saturated carbocycles. The van der Waals surface area contributed by atoms with Crippen LogP contribution in [-0.2, 0) is 9.53 Å². The van der Waals surface area contributed by atoms with E-state index in [1.165, 1.54) is 7.11 Å². The molecule has 0 bridgehead atoms. The average Bonchev–Trinajstić information content (AvgIpc) is 2.59. The van der Waals surface area contributed by atoms with E-state index in [2.05, 4.69) is 4.74 Å². The fraction of sp³-hybridized carbons (Fsp3) is 0.529. The zero-order chi connectivity index (χ0) is 16.7. The van der Waals surface area contributed by atoms with Crippen LogP contribution in [0.2, 0.25) is 0 Å². The van der Waals surface area contributed by atoms with Crippen LogP contribution in [0.15, 0.2) is 24.3 Å². The van der Waals surface area contributed by atoms with Crippen LogP contribution in [0.1, 0.15) is 18.4 Å². The first-order valence-electron chi connectivity index (χ1n) is 7.91. The Balaban J connectivity index is 1.66. The minimum atomic E-state index is -0.330. The van der Waals surface area contributed by atoms with E-state index in [9.17, 15) is 9.59 Å². The number of piperazine rings is 1. The van der Waals surface area contributed by atoms with Crippen LogP contribution in [-0.4, -0.2) is 61.7 Å². The van der Waals surface area contributed by atoms with E-state index in [4.69, 9.17) is 4.74 Å². The number of aryl methyl sites for hydroxylation is 1. The largest absolute Gasteiger partial charge is 0.493 e. The van der Waals surface area contributed by atoms with Crippen LogP contribution in [0.4, 0.5) is 4.79 Å². The molecule has 1 aliphatic rings. The fourth-order valence-electron chi connectivity index (χ4n) is 2.55. The van der Waals surface area contributed by atoms with E-state index < -0.39 is 0 Å². The normalized spacial score (nSPS) is 14.5. The number of ether oxygens (including phenoxy) is 2. The first-order valence-corrected chi connectivity index (χ1v) is 7.91. The molecule has 1 aliphatic heterocycles. The van der Waals surface area contributed by atoms with Crippen molar-refractivity contribution < 1.29 is 19.1 Å². The number of hydrogen-bond donors (Lipinski definition) is 0. The Morgan fingerprint density at radius 2 is 1.74 bits per heavy atom. The Kier molecular flexibility index (Phi) is 6.26. The number of benzene rings is 1. The molecule has 23 heavy (non-hydrogen) atoms. The highest BCUT2D eigenvalue weighted by atomic mass is 16.5. The predicted molar refractivity (Wildman–Crippen MR) is 86.5 cm³/mol. The van der Waals surface area contributed by atoms with Crippen molar-refractivity contribution in [1.82, 2.24) is 9.80 Å². The molecule has 2 rings (SSSR count). The molecule has 0 unspecified atom stereocenters. The summed E-state index contributed by atoms with van der Waals surface area (Å²) in [4.78, 5) is 27.0. The Morgan fingerprint density at radius 1 is 1.09 bits per heavy atom. The van der Waals surface area contributed by atoms with Gasteiger partial charge in [-0.15, -0.1) is 0 Å². The molecule has 0 aliphatic carbocycles. The molecular formula is C17H24N2O4. The summed E-state index contributed by atoms with van der Waals surface area (Å²) in [6.07, 6.45) is 0.817. The number of hydrogen-bond acceptors (Lipinski definition) is 4. The third-order valence-corrected chi connectivity index (χ3v) is 3.95. The maximum atomic E-state index is 12.2. The van der Waals surface area contributed by atoms with Crippen LogP contribution in [0.25, 0.3) is 0 Å². The lowest BCUT2D eigenvalue weighted by Crippen LogP contribution is -2.50. The highest BCUT2D eigenvalue weighted by Crippen LogP contribution is 2.16. The summed E-state index contributed by atoms with van der Waals surface area (Å²) in [5, 5.41) is 0. The number of carbonyl (C=O) groups excluding carboxylic acids is 2. The molecule has 1 heterocycles. The molecule has 6 heteroatoms. The van der Waals surface area contributed by atoms with Gasteiger partial charge in [0.2, 0.25) is 5.91 Å². The van der Waals surface area contributed by atoms with Gasteiger partial charge in [-0.2, -0.15) is 0 Å². The minimum Gasteiger partial charge on any atom is -0.493 e. The second-order valence-corrected chi connectivity index (χ2v) is 5.56. The van der Waals surface area contributed by atoms with Gasteiger partial charge in [-0.1, -0.05) is 18.2 Å². The number of nitrogens with zero attached hydrogens (tertiary/aromatic N) is 2. The molecule has 126 valence electrons. The van der Waals surface area contributed by atoms with Crippen LogP contribution in [0.3, 0.4) is 0 Å². The summed E-state index contributed by atoms with van der Waals surface area (Å²) >= 11 is 0. The second kappa shape index (κ2) is 8.41. The molecule has 1 fully saturated rings. The first-order chi connectivity index (χ1) is 11.1. The molecule has 1 aromatic rings. The van der Waals surface area contributed by atoms with Crippen LogP contribution in [0.5, 0.6) is 5.75 Å². The smallest absolute Gasteiger partial charge is 0.409 e. The Hall–Kier alpha value is -2.24. The second-order valence-electron chi connectivity index (χ2n) is 5.56. The molecule has 1 saturated heterocycles. The predicted octanol–water partition coefficient (Wildman–Crippen LogP) is 2.06. The first kappa shape index (κ1) is 17.1. The summed E-state index contributed by atoms with van der Waals surface area (Å²) in [6, 6.07) is 7.85. The lowest BCUT2D eigenvalue weighted by Gasteiger charge is -2.33. The molecule has 0 atom stereocenters. The lowest BCUT2D eigenvalue weighted by molar-refractivity contribution is -0.133. The summed E-state index contributed by atoms with van der Waals surface area (Å²) in [5.41, 5.74) is 1.10. The van der Waals surface area contributed by atoms with E-state index in [1.54, 1.807) is 9.80 Å². The molecular weight excluding hydrogens is 296 g/mol. The number of para-hydroxylation sites is 1. The zero-order valence-electron chi connectivity index (χ0n) is 13.8. The van der Waals surface area contributed by atoms with Gasteiger partial charge in [-0.05, 0) is 25.0 Å². The average molecular weight is 320 g/mol. The molecule has 2 amide bonds. The monoisotopic (exact) mass is 320 g/mol. The molecule has 0 aromatic heterocycles. The lowest BCUT2D eigenvalue weighted by atomic mass is 10.2. The summed E-state index contributed by atoms with van der Waals surface area (Å²) in [6.45, 7) is 4.70. The SMILES string of the molecule is COC(=O)N1CCN(C(=O)CCCOc2ccccc2C)CC1. The van der Waals surface area contributed by atoms with Crippen LogP contribution >= 0.6 is 0 Å². The standard InChI is InChI=1S/C17H24N2O4/c1-14-6-3-4-7-15(14)23-13-5-8-16(20)18-9-11-19(12-10-18)17(21)22-2/h3-4,6-7H,5,8-13H2,1-2H3. The maximum absolute atomic E-state index is 12.2. The topological polar surface area (TPSA) is 59.1 Å². The van der Waals surface area contributed by atoms with Gasteiger partial charge >= 0.3 is 6.09 Å². The molecule has 0 spiro atoms. The Bertz CT molecular complexity index is 539. The summed E-state index contributed by atoms with van der Waals surface area (Å²) < 4.78 is 10.4. The van der Waals surface area contributed by atoms with Crippen LogP contribution < -0.4 is 4.74 Å². The number of methoxy groups -OCH3 is 1.